The van der Waals surface area contributed by atoms with E-state index >= 15 is 0 Å². The number of nitrogens with zero attached hydrogens (tertiary/aromatic N) is 3. The first kappa shape index (κ1) is 12.1. The van der Waals surface area contributed by atoms with Crippen molar-refractivity contribution in [2.24, 2.45) is 0 Å². The molecule has 86 valence electrons. The van der Waals surface area contributed by atoms with Crippen LogP contribution in [0.1, 0.15) is 31.5 Å². The molecular formula is C10H20N4O. The molecule has 1 aromatic heterocycles. The molecule has 1 heterocycles. The molecule has 0 saturated heterocycles. The maximum Gasteiger partial charge on any atom is 0.230 e. The van der Waals surface area contributed by atoms with Gasteiger partial charge in [-0.3, -0.25) is 0 Å². The molecule has 0 saturated carbocycles. The van der Waals surface area contributed by atoms with Crippen molar-refractivity contribution in [3.05, 3.63) is 11.7 Å². The topological polar surface area (TPSA) is 54.2 Å². The zero-order chi connectivity index (χ0) is 11.3. The Morgan fingerprint density at radius 1 is 1.47 bits per heavy atom. The summed E-state index contributed by atoms with van der Waals surface area (Å²) in [5.41, 5.74) is 0. The van der Waals surface area contributed by atoms with Crippen LogP contribution in [0, 0.1) is 0 Å². The van der Waals surface area contributed by atoms with Gasteiger partial charge in [-0.2, -0.15) is 4.98 Å². The molecule has 0 fully saturated rings. The van der Waals surface area contributed by atoms with Crippen molar-refractivity contribution in [3.63, 3.8) is 0 Å². The lowest BCUT2D eigenvalue weighted by molar-refractivity contribution is 0.337. The van der Waals surface area contributed by atoms with E-state index < -0.39 is 0 Å². The summed E-state index contributed by atoms with van der Waals surface area (Å²) in [6.45, 7) is 6.72. The van der Waals surface area contributed by atoms with E-state index in [1.807, 2.05) is 19.0 Å². The lowest BCUT2D eigenvalue weighted by Crippen LogP contribution is -2.19. The lowest BCUT2D eigenvalue weighted by atomic mass is 10.2. The number of hydrogen-bond acceptors (Lipinski definition) is 5. The van der Waals surface area contributed by atoms with Gasteiger partial charge in [-0.15, -0.1) is 0 Å². The number of aromatic nitrogens is 2. The Balaban J connectivity index is 2.51. The summed E-state index contributed by atoms with van der Waals surface area (Å²) >= 11 is 0. The largest absolute Gasteiger partial charge is 0.339 e. The molecule has 0 aliphatic heterocycles. The van der Waals surface area contributed by atoms with E-state index in [-0.39, 0.29) is 5.92 Å². The van der Waals surface area contributed by atoms with Gasteiger partial charge in [0, 0.05) is 12.5 Å². The van der Waals surface area contributed by atoms with Crippen molar-refractivity contribution >= 4 is 0 Å². The molecule has 0 bridgehead atoms. The molecule has 1 unspecified atom stereocenters. The second-order valence-electron chi connectivity index (χ2n) is 4.00. The molecule has 1 rings (SSSR count). The predicted molar refractivity (Wildman–Crippen MR) is 58.6 cm³/mol. The highest BCUT2D eigenvalue weighted by Gasteiger charge is 2.13. The third-order valence-electron chi connectivity index (χ3n) is 2.06. The Bertz CT molecular complexity index is 285. The third-order valence-corrected chi connectivity index (χ3v) is 2.06. The Labute approximate surface area is 90.8 Å². The van der Waals surface area contributed by atoms with E-state index in [0.29, 0.717) is 5.89 Å². The van der Waals surface area contributed by atoms with Crippen molar-refractivity contribution in [1.82, 2.24) is 20.4 Å². The lowest BCUT2D eigenvalue weighted by Gasteiger charge is -2.06. The average molecular weight is 212 g/mol. The van der Waals surface area contributed by atoms with Gasteiger partial charge in [0.1, 0.15) is 0 Å². The van der Waals surface area contributed by atoms with Gasteiger partial charge in [-0.05, 0) is 20.6 Å². The first-order valence-electron chi connectivity index (χ1n) is 5.31. The monoisotopic (exact) mass is 212 g/mol. The highest BCUT2D eigenvalue weighted by Crippen LogP contribution is 2.11. The highest BCUT2D eigenvalue weighted by atomic mass is 16.5. The van der Waals surface area contributed by atoms with E-state index in [0.717, 1.165) is 25.5 Å². The summed E-state index contributed by atoms with van der Waals surface area (Å²) in [5, 5.41) is 7.19. The molecule has 1 atom stereocenters. The Morgan fingerprint density at radius 3 is 2.80 bits per heavy atom. The van der Waals surface area contributed by atoms with Crippen molar-refractivity contribution in [2.75, 3.05) is 27.2 Å². The van der Waals surface area contributed by atoms with Crippen LogP contribution in [0.5, 0.6) is 0 Å². The van der Waals surface area contributed by atoms with Crippen molar-refractivity contribution in [3.8, 4) is 0 Å². The quantitative estimate of drug-likeness (QED) is 0.757. The summed E-state index contributed by atoms with van der Waals surface area (Å²) in [7, 11) is 3.97. The van der Waals surface area contributed by atoms with E-state index in [9.17, 15) is 0 Å². The maximum atomic E-state index is 5.20. The molecule has 15 heavy (non-hydrogen) atoms. The summed E-state index contributed by atoms with van der Waals surface area (Å²) in [6.07, 6.45) is 0. The van der Waals surface area contributed by atoms with E-state index in [2.05, 4.69) is 29.3 Å². The molecule has 0 aliphatic carbocycles. The SMILES string of the molecule is CCNCC(C)c1nc(CN(C)C)no1. The maximum absolute atomic E-state index is 5.20. The predicted octanol–water partition coefficient (Wildman–Crippen LogP) is 0.844. The normalized spacial score (nSPS) is 13.4. The van der Waals surface area contributed by atoms with Gasteiger partial charge in [0.05, 0.1) is 6.54 Å². The number of nitrogens with one attached hydrogen (secondary N) is 1. The van der Waals surface area contributed by atoms with Crippen molar-refractivity contribution in [1.29, 1.82) is 0 Å². The van der Waals surface area contributed by atoms with E-state index in [1.165, 1.54) is 0 Å². The summed E-state index contributed by atoms with van der Waals surface area (Å²) in [5.74, 6) is 1.74. The molecule has 0 amide bonds. The fraction of sp³-hybridized carbons (Fsp3) is 0.800. The minimum atomic E-state index is 0.272. The van der Waals surface area contributed by atoms with Crippen LogP contribution in [0.3, 0.4) is 0 Å². The zero-order valence-electron chi connectivity index (χ0n) is 9.95. The van der Waals surface area contributed by atoms with E-state index in [1.54, 1.807) is 0 Å². The first-order chi connectivity index (χ1) is 7.13. The number of hydrogen-bond donors (Lipinski definition) is 1. The Morgan fingerprint density at radius 2 is 2.20 bits per heavy atom. The second-order valence-corrected chi connectivity index (χ2v) is 4.00. The molecule has 0 aromatic carbocycles. The minimum absolute atomic E-state index is 0.272. The summed E-state index contributed by atoms with van der Waals surface area (Å²) < 4.78 is 5.20. The fourth-order valence-corrected chi connectivity index (χ4v) is 1.26. The van der Waals surface area contributed by atoms with Crippen LogP contribution in [-0.4, -0.2) is 42.2 Å². The van der Waals surface area contributed by atoms with Crippen LogP contribution < -0.4 is 5.32 Å². The van der Waals surface area contributed by atoms with Gasteiger partial charge in [-0.1, -0.05) is 19.0 Å². The molecule has 0 spiro atoms. The van der Waals surface area contributed by atoms with Gasteiger partial charge in [0.2, 0.25) is 5.89 Å². The number of rotatable bonds is 6. The molecular weight excluding hydrogens is 192 g/mol. The molecule has 1 N–H and O–H groups in total. The second kappa shape index (κ2) is 5.82. The molecule has 0 aliphatic rings. The number of likely N-dealkylation sites (N-methyl/N-ethyl adjacent to an activating group) is 1. The Hall–Kier alpha value is -0.940. The molecule has 5 heteroatoms. The van der Waals surface area contributed by atoms with E-state index in [4.69, 9.17) is 4.52 Å². The average Bonchev–Trinajstić information content (AvgIpc) is 2.61. The van der Waals surface area contributed by atoms with Crippen LogP contribution in [0.15, 0.2) is 4.52 Å². The van der Waals surface area contributed by atoms with Gasteiger partial charge in [0.25, 0.3) is 0 Å². The van der Waals surface area contributed by atoms with Gasteiger partial charge in [0.15, 0.2) is 5.82 Å². The van der Waals surface area contributed by atoms with Crippen LogP contribution >= 0.6 is 0 Å². The molecule has 0 radical (unpaired) electrons. The summed E-state index contributed by atoms with van der Waals surface area (Å²) in [6, 6.07) is 0. The Kier molecular flexibility index (Phi) is 4.71. The minimum Gasteiger partial charge on any atom is -0.339 e. The van der Waals surface area contributed by atoms with Crippen molar-refractivity contribution < 1.29 is 4.52 Å². The summed E-state index contributed by atoms with van der Waals surface area (Å²) in [4.78, 5) is 6.36. The highest BCUT2D eigenvalue weighted by molar-refractivity contribution is 4.93. The van der Waals surface area contributed by atoms with Crippen LogP contribution in [-0.2, 0) is 6.54 Å². The standard InChI is InChI=1S/C10H20N4O/c1-5-11-6-8(2)10-12-9(13-15-10)7-14(3)4/h8,11H,5-7H2,1-4H3. The fourth-order valence-electron chi connectivity index (χ4n) is 1.26. The van der Waals surface area contributed by atoms with Gasteiger partial charge < -0.3 is 14.7 Å². The van der Waals surface area contributed by atoms with Crippen LogP contribution in [0.4, 0.5) is 0 Å². The van der Waals surface area contributed by atoms with Crippen molar-refractivity contribution in [2.45, 2.75) is 26.3 Å². The van der Waals surface area contributed by atoms with Gasteiger partial charge >= 0.3 is 0 Å². The van der Waals surface area contributed by atoms with Gasteiger partial charge in [-0.25, -0.2) is 0 Å². The smallest absolute Gasteiger partial charge is 0.230 e. The molecule has 1 aromatic rings. The molecule has 5 nitrogen and oxygen atoms in total. The van der Waals surface area contributed by atoms with Crippen LogP contribution in [0.2, 0.25) is 0 Å². The van der Waals surface area contributed by atoms with Crippen LogP contribution in [0.25, 0.3) is 0 Å². The first-order valence-corrected chi connectivity index (χ1v) is 5.31. The third kappa shape index (κ3) is 3.97. The zero-order valence-corrected chi connectivity index (χ0v) is 9.95.